The molecule has 1 atom stereocenters. The van der Waals surface area contributed by atoms with E-state index in [1.54, 1.807) is 0 Å². The van der Waals surface area contributed by atoms with Crippen LogP contribution in [-0.4, -0.2) is 23.1 Å². The minimum absolute atomic E-state index is 0.147. The van der Waals surface area contributed by atoms with Crippen molar-refractivity contribution in [2.75, 3.05) is 13.2 Å². The van der Waals surface area contributed by atoms with E-state index in [9.17, 15) is 0 Å². The fourth-order valence-electron chi connectivity index (χ4n) is 2.65. The number of ether oxygens (including phenoxy) is 1. The van der Waals surface area contributed by atoms with Crippen molar-refractivity contribution in [1.82, 2.24) is 9.97 Å². The maximum atomic E-state index is 5.78. The Kier molecular flexibility index (Phi) is 3.80. The van der Waals surface area contributed by atoms with Gasteiger partial charge in [0, 0.05) is 6.61 Å². The summed E-state index contributed by atoms with van der Waals surface area (Å²) >= 11 is 0. The minimum Gasteiger partial charge on any atom is -0.370 e. The number of imidazole rings is 1. The summed E-state index contributed by atoms with van der Waals surface area (Å²) in [4.78, 5) is 8.07. The number of aromatic nitrogens is 2. The molecule has 3 N–H and O–H groups in total. The highest BCUT2D eigenvalue weighted by Gasteiger charge is 2.19. The van der Waals surface area contributed by atoms with Crippen LogP contribution >= 0.6 is 0 Å². The zero-order valence-corrected chi connectivity index (χ0v) is 11.2. The summed E-state index contributed by atoms with van der Waals surface area (Å²) in [6.45, 7) is 1.59. The molecule has 1 unspecified atom stereocenters. The predicted molar refractivity (Wildman–Crippen MR) is 76.0 cm³/mol. The highest BCUT2D eigenvalue weighted by atomic mass is 16.5. The summed E-state index contributed by atoms with van der Waals surface area (Å²) < 4.78 is 5.78. The first-order valence-electron chi connectivity index (χ1n) is 7.17. The average molecular weight is 259 g/mol. The Balaban J connectivity index is 1.83. The Labute approximate surface area is 113 Å². The first-order chi connectivity index (χ1) is 9.36. The van der Waals surface area contributed by atoms with Gasteiger partial charge in [0.05, 0.1) is 11.0 Å². The monoisotopic (exact) mass is 259 g/mol. The Morgan fingerprint density at radius 3 is 3.11 bits per heavy atom. The smallest absolute Gasteiger partial charge is 0.136 e. The third-order valence-electron chi connectivity index (χ3n) is 3.72. The van der Waals surface area contributed by atoms with Crippen LogP contribution in [-0.2, 0) is 11.2 Å². The molecule has 2 aromatic rings. The van der Waals surface area contributed by atoms with Crippen molar-refractivity contribution in [2.24, 2.45) is 5.73 Å². The molecule has 0 amide bonds. The Morgan fingerprint density at radius 2 is 2.32 bits per heavy atom. The van der Waals surface area contributed by atoms with E-state index >= 15 is 0 Å². The number of benzene rings is 1. The second-order valence-corrected chi connectivity index (χ2v) is 5.22. The standard InChI is InChI=1S/C15H21N3O/c16-8-3-4-11-6-7-12-13(10-11)18-15(17-12)14-5-1-2-9-19-14/h6-7,10,14H,1-5,8-9,16H2,(H,17,18). The molecule has 4 heteroatoms. The normalized spacial score (nSPS) is 19.9. The second kappa shape index (κ2) is 5.72. The molecule has 102 valence electrons. The van der Waals surface area contributed by atoms with Gasteiger partial charge >= 0.3 is 0 Å². The molecule has 0 bridgehead atoms. The van der Waals surface area contributed by atoms with Gasteiger partial charge in [-0.2, -0.15) is 0 Å². The number of nitrogens with zero attached hydrogens (tertiary/aromatic N) is 1. The number of hydrogen-bond donors (Lipinski definition) is 2. The summed E-state index contributed by atoms with van der Waals surface area (Å²) in [6, 6.07) is 6.42. The lowest BCUT2D eigenvalue weighted by molar-refractivity contribution is 0.0101. The number of aromatic amines is 1. The lowest BCUT2D eigenvalue weighted by Crippen LogP contribution is -2.12. The van der Waals surface area contributed by atoms with Crippen LogP contribution in [0.1, 0.15) is 43.2 Å². The minimum atomic E-state index is 0.147. The van der Waals surface area contributed by atoms with Gasteiger partial charge in [-0.25, -0.2) is 4.98 Å². The maximum absolute atomic E-state index is 5.78. The van der Waals surface area contributed by atoms with Gasteiger partial charge in [-0.1, -0.05) is 6.07 Å². The van der Waals surface area contributed by atoms with Crippen molar-refractivity contribution in [3.63, 3.8) is 0 Å². The topological polar surface area (TPSA) is 63.9 Å². The van der Waals surface area contributed by atoms with Gasteiger partial charge in [0.25, 0.3) is 0 Å². The third kappa shape index (κ3) is 2.80. The molecule has 2 heterocycles. The van der Waals surface area contributed by atoms with Crippen LogP contribution in [0, 0.1) is 0 Å². The third-order valence-corrected chi connectivity index (χ3v) is 3.72. The van der Waals surface area contributed by atoms with Crippen LogP contribution in [0.3, 0.4) is 0 Å². The molecular formula is C15H21N3O. The fourth-order valence-corrected chi connectivity index (χ4v) is 2.65. The first kappa shape index (κ1) is 12.6. The molecule has 1 fully saturated rings. The SMILES string of the molecule is NCCCc1ccc2nc(C3CCCCO3)[nH]c2c1. The van der Waals surface area contributed by atoms with Crippen molar-refractivity contribution >= 4 is 11.0 Å². The molecular weight excluding hydrogens is 238 g/mol. The summed E-state index contributed by atoms with van der Waals surface area (Å²) in [6.07, 6.45) is 5.66. The van der Waals surface area contributed by atoms with Crippen LogP contribution in [0.15, 0.2) is 18.2 Å². The lowest BCUT2D eigenvalue weighted by Gasteiger charge is -2.20. The number of nitrogens with one attached hydrogen (secondary N) is 1. The molecule has 1 aromatic heterocycles. The van der Waals surface area contributed by atoms with Crippen molar-refractivity contribution < 1.29 is 4.74 Å². The van der Waals surface area contributed by atoms with Crippen LogP contribution in [0.5, 0.6) is 0 Å². The van der Waals surface area contributed by atoms with Crippen LogP contribution in [0.25, 0.3) is 11.0 Å². The number of fused-ring (bicyclic) bond motifs is 1. The average Bonchev–Trinajstić information content (AvgIpc) is 2.89. The molecule has 0 spiro atoms. The Morgan fingerprint density at radius 1 is 1.37 bits per heavy atom. The number of rotatable bonds is 4. The second-order valence-electron chi connectivity index (χ2n) is 5.22. The number of H-pyrrole nitrogens is 1. The zero-order chi connectivity index (χ0) is 13.1. The summed E-state index contributed by atoms with van der Waals surface area (Å²) in [5, 5.41) is 0. The zero-order valence-electron chi connectivity index (χ0n) is 11.2. The fraction of sp³-hybridized carbons (Fsp3) is 0.533. The maximum Gasteiger partial charge on any atom is 0.136 e. The van der Waals surface area contributed by atoms with E-state index in [0.29, 0.717) is 0 Å². The van der Waals surface area contributed by atoms with Gasteiger partial charge in [-0.15, -0.1) is 0 Å². The van der Waals surface area contributed by atoms with Crippen molar-refractivity contribution in [3.8, 4) is 0 Å². The largest absolute Gasteiger partial charge is 0.370 e. The highest BCUT2D eigenvalue weighted by Crippen LogP contribution is 2.27. The van der Waals surface area contributed by atoms with Crippen molar-refractivity contribution in [2.45, 2.75) is 38.2 Å². The van der Waals surface area contributed by atoms with Gasteiger partial charge in [0.1, 0.15) is 11.9 Å². The van der Waals surface area contributed by atoms with Gasteiger partial charge in [0.2, 0.25) is 0 Å². The number of nitrogens with two attached hydrogens (primary N) is 1. The quantitative estimate of drug-likeness (QED) is 0.887. The summed E-state index contributed by atoms with van der Waals surface area (Å²) in [5.41, 5.74) is 9.01. The van der Waals surface area contributed by atoms with E-state index in [0.717, 1.165) is 49.3 Å². The lowest BCUT2D eigenvalue weighted by atomic mass is 10.1. The molecule has 0 aliphatic carbocycles. The molecule has 4 nitrogen and oxygen atoms in total. The highest BCUT2D eigenvalue weighted by molar-refractivity contribution is 5.76. The predicted octanol–water partition coefficient (Wildman–Crippen LogP) is 2.70. The van der Waals surface area contributed by atoms with Crippen molar-refractivity contribution in [1.29, 1.82) is 0 Å². The molecule has 0 radical (unpaired) electrons. The van der Waals surface area contributed by atoms with Crippen LogP contribution < -0.4 is 5.73 Å². The number of hydrogen-bond acceptors (Lipinski definition) is 3. The van der Waals surface area contributed by atoms with E-state index in [-0.39, 0.29) is 6.10 Å². The molecule has 1 aromatic carbocycles. The van der Waals surface area contributed by atoms with E-state index < -0.39 is 0 Å². The van der Waals surface area contributed by atoms with E-state index in [4.69, 9.17) is 10.5 Å². The summed E-state index contributed by atoms with van der Waals surface area (Å²) in [7, 11) is 0. The van der Waals surface area contributed by atoms with E-state index in [2.05, 4.69) is 28.2 Å². The van der Waals surface area contributed by atoms with Crippen LogP contribution in [0.2, 0.25) is 0 Å². The van der Waals surface area contributed by atoms with E-state index in [1.807, 2.05) is 0 Å². The summed E-state index contributed by atoms with van der Waals surface area (Å²) in [5.74, 6) is 0.977. The Bertz CT molecular complexity index is 543. The van der Waals surface area contributed by atoms with Gasteiger partial charge in [-0.3, -0.25) is 0 Å². The molecule has 1 aliphatic rings. The van der Waals surface area contributed by atoms with Crippen LogP contribution in [0.4, 0.5) is 0 Å². The van der Waals surface area contributed by atoms with Gasteiger partial charge in [0.15, 0.2) is 0 Å². The van der Waals surface area contributed by atoms with E-state index in [1.165, 1.54) is 18.4 Å². The molecule has 1 saturated heterocycles. The molecule has 3 rings (SSSR count). The molecule has 19 heavy (non-hydrogen) atoms. The van der Waals surface area contributed by atoms with Gasteiger partial charge < -0.3 is 15.5 Å². The van der Waals surface area contributed by atoms with Gasteiger partial charge in [-0.05, 0) is 56.3 Å². The number of aryl methyl sites for hydroxylation is 1. The molecule has 0 saturated carbocycles. The molecule has 1 aliphatic heterocycles. The van der Waals surface area contributed by atoms with Crippen molar-refractivity contribution in [3.05, 3.63) is 29.6 Å². The Hall–Kier alpha value is -1.39. The first-order valence-corrected chi connectivity index (χ1v) is 7.17.